The molecule has 2 fully saturated rings. The van der Waals surface area contributed by atoms with Gasteiger partial charge in [0.2, 0.25) is 0 Å². The van der Waals surface area contributed by atoms with Gasteiger partial charge in [-0.1, -0.05) is 46.0 Å². The van der Waals surface area contributed by atoms with E-state index in [1.165, 1.54) is 84.3 Å². The van der Waals surface area contributed by atoms with Gasteiger partial charge in [0.1, 0.15) is 0 Å². The zero-order valence-electron chi connectivity index (χ0n) is 13.7. The summed E-state index contributed by atoms with van der Waals surface area (Å²) in [6.45, 7) is 13.1. The maximum atomic E-state index is 3.50. The van der Waals surface area contributed by atoms with E-state index in [1.54, 1.807) is 0 Å². The molecular formula is C17H35N3. The molecule has 20 heavy (non-hydrogen) atoms. The molecule has 118 valence electrons. The van der Waals surface area contributed by atoms with Gasteiger partial charge in [0.25, 0.3) is 0 Å². The summed E-state index contributed by atoms with van der Waals surface area (Å²) < 4.78 is 0. The summed E-state index contributed by atoms with van der Waals surface area (Å²) in [6.07, 6.45) is 8.84. The first-order chi connectivity index (χ1) is 9.83. The van der Waals surface area contributed by atoms with E-state index in [0.717, 1.165) is 12.0 Å². The largest absolute Gasteiger partial charge is 0.314 e. The zero-order valence-corrected chi connectivity index (χ0v) is 13.7. The Morgan fingerprint density at radius 2 is 1.70 bits per heavy atom. The van der Waals surface area contributed by atoms with Crippen LogP contribution in [-0.2, 0) is 0 Å². The number of piperazine rings is 1. The van der Waals surface area contributed by atoms with Crippen LogP contribution in [0.25, 0.3) is 0 Å². The minimum absolute atomic E-state index is 0.792. The number of hydrogen-bond donors (Lipinski definition) is 1. The first-order valence-electron chi connectivity index (χ1n) is 9.00. The van der Waals surface area contributed by atoms with Crippen LogP contribution in [0.3, 0.4) is 0 Å². The minimum atomic E-state index is 0.792. The summed E-state index contributed by atoms with van der Waals surface area (Å²) in [5.41, 5.74) is 0. The first-order valence-corrected chi connectivity index (χ1v) is 9.00. The van der Waals surface area contributed by atoms with Crippen LogP contribution in [0.2, 0.25) is 0 Å². The third kappa shape index (κ3) is 5.01. The van der Waals surface area contributed by atoms with Crippen molar-refractivity contribution in [2.24, 2.45) is 5.92 Å². The summed E-state index contributed by atoms with van der Waals surface area (Å²) in [5, 5.41) is 3.50. The Labute approximate surface area is 126 Å². The van der Waals surface area contributed by atoms with E-state index in [4.69, 9.17) is 0 Å². The smallest absolute Gasteiger partial charge is 0.0226 e. The van der Waals surface area contributed by atoms with Gasteiger partial charge in [-0.05, 0) is 25.4 Å². The van der Waals surface area contributed by atoms with E-state index in [1.807, 2.05) is 0 Å². The molecule has 1 saturated heterocycles. The van der Waals surface area contributed by atoms with Gasteiger partial charge in [0, 0.05) is 38.8 Å². The third-order valence-electron chi connectivity index (χ3n) is 5.36. The number of rotatable bonds is 7. The van der Waals surface area contributed by atoms with E-state index in [0.29, 0.717) is 0 Å². The van der Waals surface area contributed by atoms with Crippen LogP contribution in [0.5, 0.6) is 0 Å². The molecule has 0 spiro atoms. The Morgan fingerprint density at radius 3 is 2.30 bits per heavy atom. The highest BCUT2D eigenvalue weighted by atomic mass is 15.2. The van der Waals surface area contributed by atoms with Crippen molar-refractivity contribution in [2.75, 3.05) is 45.8 Å². The van der Waals surface area contributed by atoms with Crippen molar-refractivity contribution in [3.8, 4) is 0 Å². The number of hydrogen-bond acceptors (Lipinski definition) is 3. The number of nitrogens with zero attached hydrogens (tertiary/aromatic N) is 2. The van der Waals surface area contributed by atoms with Crippen LogP contribution in [0.4, 0.5) is 0 Å². The van der Waals surface area contributed by atoms with Crippen molar-refractivity contribution in [1.82, 2.24) is 15.1 Å². The normalized spacial score (nSPS) is 24.1. The molecule has 0 aromatic heterocycles. The molecule has 0 bridgehead atoms. The monoisotopic (exact) mass is 281 g/mol. The Kier molecular flexibility index (Phi) is 7.32. The van der Waals surface area contributed by atoms with Crippen LogP contribution >= 0.6 is 0 Å². The third-order valence-corrected chi connectivity index (χ3v) is 5.36. The van der Waals surface area contributed by atoms with Crippen molar-refractivity contribution in [3.05, 3.63) is 0 Å². The quantitative estimate of drug-likeness (QED) is 0.774. The molecule has 1 aliphatic carbocycles. The average Bonchev–Trinajstić information content (AvgIpc) is 2.53. The molecule has 1 aliphatic heterocycles. The lowest BCUT2D eigenvalue weighted by molar-refractivity contribution is 0.103. The van der Waals surface area contributed by atoms with E-state index in [9.17, 15) is 0 Å². The molecular weight excluding hydrogens is 246 g/mol. The summed E-state index contributed by atoms with van der Waals surface area (Å²) >= 11 is 0. The van der Waals surface area contributed by atoms with Gasteiger partial charge in [0.15, 0.2) is 0 Å². The maximum absolute atomic E-state index is 3.50. The van der Waals surface area contributed by atoms with Crippen molar-refractivity contribution >= 4 is 0 Å². The Morgan fingerprint density at radius 1 is 1.05 bits per heavy atom. The van der Waals surface area contributed by atoms with Gasteiger partial charge in [0.05, 0.1) is 0 Å². The molecule has 0 radical (unpaired) electrons. The van der Waals surface area contributed by atoms with Crippen LogP contribution in [-0.4, -0.2) is 61.7 Å². The topological polar surface area (TPSA) is 18.5 Å². The van der Waals surface area contributed by atoms with Gasteiger partial charge < -0.3 is 10.2 Å². The van der Waals surface area contributed by atoms with Gasteiger partial charge in [-0.3, -0.25) is 4.90 Å². The second kappa shape index (κ2) is 9.01. The first kappa shape index (κ1) is 16.3. The van der Waals surface area contributed by atoms with Crippen LogP contribution in [0.15, 0.2) is 0 Å². The van der Waals surface area contributed by atoms with Gasteiger partial charge in [-0.2, -0.15) is 0 Å². The highest BCUT2D eigenvalue weighted by molar-refractivity contribution is 4.82. The predicted octanol–water partition coefficient (Wildman–Crippen LogP) is 2.57. The van der Waals surface area contributed by atoms with E-state index in [2.05, 4.69) is 29.0 Å². The second-order valence-corrected chi connectivity index (χ2v) is 6.67. The predicted molar refractivity (Wildman–Crippen MR) is 87.2 cm³/mol. The molecule has 0 aromatic carbocycles. The molecule has 3 nitrogen and oxygen atoms in total. The average molecular weight is 281 g/mol. The molecule has 1 atom stereocenters. The lowest BCUT2D eigenvalue weighted by Crippen LogP contribution is -2.52. The Bertz CT molecular complexity index is 241. The summed E-state index contributed by atoms with van der Waals surface area (Å²) in [6, 6.07) is 0.792. The highest BCUT2D eigenvalue weighted by Crippen LogP contribution is 2.29. The van der Waals surface area contributed by atoms with Gasteiger partial charge >= 0.3 is 0 Å². The minimum Gasteiger partial charge on any atom is -0.314 e. The van der Waals surface area contributed by atoms with Crippen molar-refractivity contribution in [1.29, 1.82) is 0 Å². The molecule has 0 amide bonds. The number of likely N-dealkylation sites (N-methyl/N-ethyl adjacent to an activating group) is 1. The maximum Gasteiger partial charge on any atom is 0.0226 e. The molecule has 2 rings (SSSR count). The van der Waals surface area contributed by atoms with E-state index < -0.39 is 0 Å². The lowest BCUT2D eigenvalue weighted by Gasteiger charge is -2.39. The summed E-state index contributed by atoms with van der Waals surface area (Å²) in [4.78, 5) is 5.39. The molecule has 1 unspecified atom stereocenters. The highest BCUT2D eigenvalue weighted by Gasteiger charge is 2.26. The van der Waals surface area contributed by atoms with Crippen molar-refractivity contribution in [2.45, 2.75) is 58.4 Å². The van der Waals surface area contributed by atoms with Crippen molar-refractivity contribution < 1.29 is 0 Å². The molecule has 3 heteroatoms. The molecule has 1 heterocycles. The Balaban J connectivity index is 1.90. The fourth-order valence-electron chi connectivity index (χ4n) is 3.97. The summed E-state index contributed by atoms with van der Waals surface area (Å²) in [5.74, 6) is 0.999. The van der Waals surface area contributed by atoms with Crippen LogP contribution < -0.4 is 5.32 Å². The van der Waals surface area contributed by atoms with E-state index in [-0.39, 0.29) is 0 Å². The van der Waals surface area contributed by atoms with Gasteiger partial charge in [-0.15, -0.1) is 0 Å². The SMILES string of the molecule is CCN(CC)CC(CC1CCCCC1)N1CCNCC1. The lowest BCUT2D eigenvalue weighted by atomic mass is 9.84. The van der Waals surface area contributed by atoms with Crippen molar-refractivity contribution in [3.63, 3.8) is 0 Å². The standard InChI is InChI=1S/C17H35N3/c1-3-19(4-2)15-17(20-12-10-18-11-13-20)14-16-8-6-5-7-9-16/h16-18H,3-15H2,1-2H3. The van der Waals surface area contributed by atoms with Crippen LogP contribution in [0.1, 0.15) is 52.4 Å². The molecule has 2 aliphatic rings. The fourth-order valence-corrected chi connectivity index (χ4v) is 3.97. The zero-order chi connectivity index (χ0) is 14.2. The molecule has 0 aromatic rings. The van der Waals surface area contributed by atoms with E-state index >= 15 is 0 Å². The van der Waals surface area contributed by atoms with Crippen LogP contribution in [0, 0.1) is 5.92 Å². The number of nitrogens with one attached hydrogen (secondary N) is 1. The molecule has 1 N–H and O–H groups in total. The Hall–Kier alpha value is -0.120. The second-order valence-electron chi connectivity index (χ2n) is 6.67. The fraction of sp³-hybridized carbons (Fsp3) is 1.00. The summed E-state index contributed by atoms with van der Waals surface area (Å²) in [7, 11) is 0. The van der Waals surface area contributed by atoms with Gasteiger partial charge in [-0.25, -0.2) is 0 Å². The molecule has 1 saturated carbocycles.